The second kappa shape index (κ2) is 5.01. The minimum absolute atomic E-state index is 0.00293. The molecule has 2 aromatic rings. The van der Waals surface area contributed by atoms with Gasteiger partial charge >= 0.3 is 0 Å². The van der Waals surface area contributed by atoms with E-state index in [1.54, 1.807) is 19.3 Å². The Balaban J connectivity index is 2.20. The molecule has 96 valence electrons. The highest BCUT2D eigenvalue weighted by Gasteiger charge is 2.19. The Morgan fingerprint density at radius 1 is 1.33 bits per heavy atom. The van der Waals surface area contributed by atoms with Crippen LogP contribution in [0, 0.1) is 0 Å². The van der Waals surface area contributed by atoms with Crippen molar-refractivity contribution in [3.63, 3.8) is 0 Å². The molecule has 0 radical (unpaired) electrons. The Bertz CT molecular complexity index is 611. The molecule has 7 nitrogen and oxygen atoms in total. The largest absolute Gasteiger partial charge is 0.285 e. The molecule has 2 aromatic heterocycles. The number of sulfonamides is 1. The molecule has 0 saturated carbocycles. The molecule has 0 aliphatic rings. The number of aromatic nitrogens is 4. The SMILES string of the molecule is CC(NS(=O)(=O)c1cnc(Cl)nc1)c1cn[nH]c1. The first-order chi connectivity index (χ1) is 8.49. The van der Waals surface area contributed by atoms with Gasteiger partial charge in [-0.3, -0.25) is 5.10 Å². The van der Waals surface area contributed by atoms with Crippen molar-refractivity contribution in [1.29, 1.82) is 0 Å². The van der Waals surface area contributed by atoms with Gasteiger partial charge in [-0.25, -0.2) is 23.1 Å². The second-order valence-corrected chi connectivity index (χ2v) is 5.61. The molecule has 1 unspecified atom stereocenters. The molecule has 2 heterocycles. The van der Waals surface area contributed by atoms with E-state index in [1.165, 1.54) is 0 Å². The molecule has 0 fully saturated rings. The summed E-state index contributed by atoms with van der Waals surface area (Å²) < 4.78 is 26.5. The van der Waals surface area contributed by atoms with Crippen LogP contribution >= 0.6 is 11.6 Å². The second-order valence-electron chi connectivity index (χ2n) is 3.56. The third kappa shape index (κ3) is 2.84. The maximum absolute atomic E-state index is 12.0. The number of hydrogen-bond donors (Lipinski definition) is 2. The number of nitrogens with one attached hydrogen (secondary N) is 2. The molecule has 0 aliphatic heterocycles. The summed E-state index contributed by atoms with van der Waals surface area (Å²) in [5.41, 5.74) is 0.730. The summed E-state index contributed by atoms with van der Waals surface area (Å²) in [7, 11) is -3.68. The summed E-state index contributed by atoms with van der Waals surface area (Å²) in [6.07, 6.45) is 5.47. The van der Waals surface area contributed by atoms with Crippen molar-refractivity contribution in [3.05, 3.63) is 35.6 Å². The van der Waals surface area contributed by atoms with Crippen LogP contribution in [0.25, 0.3) is 0 Å². The number of halogens is 1. The zero-order valence-electron chi connectivity index (χ0n) is 9.33. The Kier molecular flexibility index (Phi) is 3.60. The molecule has 0 bridgehead atoms. The minimum atomic E-state index is -3.68. The van der Waals surface area contributed by atoms with Crippen molar-refractivity contribution in [1.82, 2.24) is 24.9 Å². The van der Waals surface area contributed by atoms with E-state index in [0.29, 0.717) is 0 Å². The predicted octanol–water partition coefficient (Wildman–Crippen LogP) is 0.893. The van der Waals surface area contributed by atoms with Gasteiger partial charge in [-0.2, -0.15) is 5.10 Å². The van der Waals surface area contributed by atoms with Crippen molar-refractivity contribution in [2.45, 2.75) is 17.9 Å². The van der Waals surface area contributed by atoms with Crippen LogP contribution in [0.3, 0.4) is 0 Å². The molecule has 0 spiro atoms. The highest BCUT2D eigenvalue weighted by Crippen LogP contribution is 2.15. The Hall–Kier alpha value is -1.51. The third-order valence-electron chi connectivity index (χ3n) is 2.26. The Morgan fingerprint density at radius 2 is 2.00 bits per heavy atom. The van der Waals surface area contributed by atoms with Gasteiger partial charge in [-0.05, 0) is 18.5 Å². The van der Waals surface area contributed by atoms with Crippen LogP contribution in [-0.2, 0) is 10.0 Å². The normalized spacial score (nSPS) is 13.4. The van der Waals surface area contributed by atoms with Crippen molar-refractivity contribution in [2.24, 2.45) is 0 Å². The van der Waals surface area contributed by atoms with Gasteiger partial charge in [0.1, 0.15) is 4.90 Å². The predicted molar refractivity (Wildman–Crippen MR) is 64.4 cm³/mol. The van der Waals surface area contributed by atoms with Crippen molar-refractivity contribution < 1.29 is 8.42 Å². The van der Waals surface area contributed by atoms with E-state index in [-0.39, 0.29) is 10.2 Å². The van der Waals surface area contributed by atoms with Gasteiger partial charge in [-0.1, -0.05) is 0 Å². The molecule has 0 amide bonds. The maximum Gasteiger partial charge on any atom is 0.244 e. The summed E-state index contributed by atoms with van der Waals surface area (Å²) >= 11 is 5.50. The zero-order valence-corrected chi connectivity index (χ0v) is 10.9. The first kappa shape index (κ1) is 12.9. The number of aromatic amines is 1. The minimum Gasteiger partial charge on any atom is -0.285 e. The van der Waals surface area contributed by atoms with Gasteiger partial charge in [0.25, 0.3) is 0 Å². The maximum atomic E-state index is 12.0. The lowest BCUT2D eigenvalue weighted by molar-refractivity contribution is 0.566. The smallest absolute Gasteiger partial charge is 0.244 e. The molecule has 0 saturated heterocycles. The van der Waals surface area contributed by atoms with Crippen LogP contribution in [0.15, 0.2) is 29.7 Å². The molecule has 18 heavy (non-hydrogen) atoms. The van der Waals surface area contributed by atoms with Crippen LogP contribution in [0.2, 0.25) is 5.28 Å². The molecule has 1 atom stereocenters. The molecule has 2 rings (SSSR count). The first-order valence-corrected chi connectivity index (χ1v) is 6.84. The average molecular weight is 288 g/mol. The fraction of sp³-hybridized carbons (Fsp3) is 0.222. The summed E-state index contributed by atoms with van der Waals surface area (Å²) in [5.74, 6) is 0. The van der Waals surface area contributed by atoms with Crippen LogP contribution in [0.4, 0.5) is 0 Å². The highest BCUT2D eigenvalue weighted by atomic mass is 35.5. The zero-order chi connectivity index (χ0) is 13.2. The van der Waals surface area contributed by atoms with Gasteiger partial charge in [0, 0.05) is 17.8 Å². The first-order valence-electron chi connectivity index (χ1n) is 4.97. The summed E-state index contributed by atoms with van der Waals surface area (Å²) in [6, 6.07) is -0.413. The van der Waals surface area contributed by atoms with E-state index < -0.39 is 16.1 Å². The number of H-pyrrole nitrogens is 1. The van der Waals surface area contributed by atoms with Gasteiger partial charge < -0.3 is 0 Å². The van der Waals surface area contributed by atoms with E-state index in [0.717, 1.165) is 18.0 Å². The number of nitrogens with zero attached hydrogens (tertiary/aromatic N) is 3. The number of rotatable bonds is 4. The molecular formula is C9H10ClN5O2S. The lowest BCUT2D eigenvalue weighted by Gasteiger charge is -2.11. The fourth-order valence-corrected chi connectivity index (χ4v) is 2.52. The monoisotopic (exact) mass is 287 g/mol. The van der Waals surface area contributed by atoms with E-state index in [1.807, 2.05) is 0 Å². The standard InChI is InChI=1S/C9H10ClN5O2S/c1-6(7-2-13-14-3-7)15-18(16,17)8-4-11-9(10)12-5-8/h2-6,15H,1H3,(H,13,14). The van der Waals surface area contributed by atoms with Crippen molar-refractivity contribution >= 4 is 21.6 Å². The van der Waals surface area contributed by atoms with E-state index in [4.69, 9.17) is 11.6 Å². The van der Waals surface area contributed by atoms with Crippen LogP contribution in [0.1, 0.15) is 18.5 Å². The summed E-state index contributed by atoms with van der Waals surface area (Å²) in [4.78, 5) is 7.22. The molecule has 0 aliphatic carbocycles. The molecule has 2 N–H and O–H groups in total. The van der Waals surface area contributed by atoms with Gasteiger partial charge in [0.05, 0.1) is 18.6 Å². The van der Waals surface area contributed by atoms with Crippen LogP contribution < -0.4 is 4.72 Å². The van der Waals surface area contributed by atoms with E-state index in [2.05, 4.69) is 24.9 Å². The topological polar surface area (TPSA) is 101 Å². The third-order valence-corrected chi connectivity index (χ3v) is 3.95. The van der Waals surface area contributed by atoms with Crippen LogP contribution in [0.5, 0.6) is 0 Å². The van der Waals surface area contributed by atoms with Gasteiger partial charge in [-0.15, -0.1) is 0 Å². The van der Waals surface area contributed by atoms with Crippen LogP contribution in [-0.4, -0.2) is 28.6 Å². The van der Waals surface area contributed by atoms with E-state index >= 15 is 0 Å². The summed E-state index contributed by atoms with van der Waals surface area (Å²) in [6.45, 7) is 1.71. The van der Waals surface area contributed by atoms with Gasteiger partial charge in [0.15, 0.2) is 0 Å². The highest BCUT2D eigenvalue weighted by molar-refractivity contribution is 7.89. The quantitative estimate of drug-likeness (QED) is 0.814. The van der Waals surface area contributed by atoms with Gasteiger partial charge in [0.2, 0.25) is 15.3 Å². The lowest BCUT2D eigenvalue weighted by Crippen LogP contribution is -2.26. The molecule has 0 aromatic carbocycles. The fourth-order valence-electron chi connectivity index (χ4n) is 1.31. The summed E-state index contributed by atoms with van der Waals surface area (Å²) in [5, 5.41) is 6.37. The Labute approximate surface area is 109 Å². The van der Waals surface area contributed by atoms with Crippen molar-refractivity contribution in [3.8, 4) is 0 Å². The average Bonchev–Trinajstić information content (AvgIpc) is 2.82. The van der Waals surface area contributed by atoms with E-state index in [9.17, 15) is 8.42 Å². The Morgan fingerprint density at radius 3 is 2.56 bits per heavy atom. The number of hydrogen-bond acceptors (Lipinski definition) is 5. The lowest BCUT2D eigenvalue weighted by atomic mass is 10.2. The molecular weight excluding hydrogens is 278 g/mol. The molecule has 9 heteroatoms. The van der Waals surface area contributed by atoms with Crippen molar-refractivity contribution in [2.75, 3.05) is 0 Å².